The first-order chi connectivity index (χ1) is 12.0. The van der Waals surface area contributed by atoms with Crippen molar-refractivity contribution in [2.75, 3.05) is 19.6 Å². The normalized spacial score (nSPS) is 10.5. The van der Waals surface area contributed by atoms with Crippen LogP contribution in [-0.2, 0) is 0 Å². The summed E-state index contributed by atoms with van der Waals surface area (Å²) < 4.78 is 10.2. The molecule has 0 saturated carbocycles. The molecule has 130 valence electrons. The van der Waals surface area contributed by atoms with E-state index in [4.69, 9.17) is 14.6 Å². The first kappa shape index (κ1) is 17.8. The van der Waals surface area contributed by atoms with Gasteiger partial charge in [0.05, 0.1) is 31.7 Å². The molecular formula is C17H16N2O6. The number of nitrogens with one attached hydrogen (secondary N) is 1. The Balaban J connectivity index is 2.30. The zero-order valence-corrected chi connectivity index (χ0v) is 13.5. The van der Waals surface area contributed by atoms with Gasteiger partial charge in [-0.25, -0.2) is 9.59 Å². The molecule has 0 aromatic heterocycles. The second-order valence-electron chi connectivity index (χ2n) is 4.83. The molecule has 0 atom stereocenters. The minimum Gasteiger partial charge on any atom is -0.493 e. The number of nitrogens with zero attached hydrogens (tertiary/aromatic N) is 1. The van der Waals surface area contributed by atoms with Crippen LogP contribution in [0.2, 0.25) is 0 Å². The highest BCUT2D eigenvalue weighted by molar-refractivity contribution is 6.02. The molecule has 0 aliphatic rings. The van der Waals surface area contributed by atoms with Gasteiger partial charge in [0.1, 0.15) is 5.56 Å². The molecule has 2 aromatic rings. The highest BCUT2D eigenvalue weighted by atomic mass is 16.5. The standard InChI is InChI=1S/C17H16N2O6/c1-24-13-7-6-11(14(17(22)23)15(13)25-2)9-18-19-12-5-3-4-10(8-12)16(20)21/h3-9,19H,1-2H3,(H,20,21)(H,22,23)/b18-9-. The lowest BCUT2D eigenvalue weighted by atomic mass is 10.1. The quantitative estimate of drug-likeness (QED) is 0.522. The summed E-state index contributed by atoms with van der Waals surface area (Å²) in [6, 6.07) is 9.17. The molecule has 0 amide bonds. The van der Waals surface area contributed by atoms with Crippen LogP contribution >= 0.6 is 0 Å². The first-order valence-electron chi connectivity index (χ1n) is 7.08. The predicted molar refractivity (Wildman–Crippen MR) is 91.1 cm³/mol. The molecule has 2 aromatic carbocycles. The summed E-state index contributed by atoms with van der Waals surface area (Å²) in [5.41, 5.74) is 3.43. The summed E-state index contributed by atoms with van der Waals surface area (Å²) in [6.07, 6.45) is 1.30. The predicted octanol–water partition coefficient (Wildman–Crippen LogP) is 2.55. The molecule has 2 rings (SSSR count). The molecule has 0 radical (unpaired) electrons. The third kappa shape index (κ3) is 4.05. The number of aromatic carboxylic acids is 2. The van der Waals surface area contributed by atoms with Crippen molar-refractivity contribution < 1.29 is 29.3 Å². The van der Waals surface area contributed by atoms with Crippen molar-refractivity contribution in [3.8, 4) is 11.5 Å². The van der Waals surface area contributed by atoms with Crippen molar-refractivity contribution in [2.45, 2.75) is 0 Å². The highest BCUT2D eigenvalue weighted by Crippen LogP contribution is 2.32. The first-order valence-corrected chi connectivity index (χ1v) is 7.08. The Morgan fingerprint density at radius 1 is 1.08 bits per heavy atom. The Kier molecular flexibility index (Phi) is 5.57. The van der Waals surface area contributed by atoms with E-state index in [9.17, 15) is 14.7 Å². The van der Waals surface area contributed by atoms with Crippen molar-refractivity contribution in [1.82, 2.24) is 0 Å². The monoisotopic (exact) mass is 344 g/mol. The van der Waals surface area contributed by atoms with Crippen LogP contribution in [0.4, 0.5) is 5.69 Å². The lowest BCUT2D eigenvalue weighted by Gasteiger charge is -2.12. The third-order valence-electron chi connectivity index (χ3n) is 3.30. The zero-order chi connectivity index (χ0) is 18.4. The maximum atomic E-state index is 11.5. The van der Waals surface area contributed by atoms with Crippen molar-refractivity contribution in [3.05, 3.63) is 53.1 Å². The summed E-state index contributed by atoms with van der Waals surface area (Å²) in [7, 11) is 2.76. The highest BCUT2D eigenvalue weighted by Gasteiger charge is 2.19. The van der Waals surface area contributed by atoms with E-state index in [-0.39, 0.29) is 16.9 Å². The van der Waals surface area contributed by atoms with Gasteiger partial charge < -0.3 is 19.7 Å². The molecule has 0 spiro atoms. The van der Waals surface area contributed by atoms with Gasteiger partial charge >= 0.3 is 11.9 Å². The van der Waals surface area contributed by atoms with Gasteiger partial charge in [-0.1, -0.05) is 6.07 Å². The van der Waals surface area contributed by atoms with E-state index < -0.39 is 11.9 Å². The lowest BCUT2D eigenvalue weighted by molar-refractivity contribution is 0.0683. The number of carboxylic acids is 2. The smallest absolute Gasteiger partial charge is 0.340 e. The van der Waals surface area contributed by atoms with Crippen LogP contribution in [0.5, 0.6) is 11.5 Å². The fourth-order valence-electron chi connectivity index (χ4n) is 2.17. The van der Waals surface area contributed by atoms with Gasteiger partial charge in [-0.2, -0.15) is 5.10 Å². The van der Waals surface area contributed by atoms with Gasteiger partial charge in [-0.3, -0.25) is 5.43 Å². The number of anilines is 1. The number of hydrogen-bond acceptors (Lipinski definition) is 6. The fraction of sp³-hybridized carbons (Fsp3) is 0.118. The molecule has 25 heavy (non-hydrogen) atoms. The molecule has 0 bridgehead atoms. The van der Waals surface area contributed by atoms with Crippen molar-refractivity contribution in [3.63, 3.8) is 0 Å². The summed E-state index contributed by atoms with van der Waals surface area (Å²) in [4.78, 5) is 22.5. The Labute approximate surface area is 143 Å². The van der Waals surface area contributed by atoms with Crippen LogP contribution in [-0.4, -0.2) is 42.6 Å². The largest absolute Gasteiger partial charge is 0.493 e. The van der Waals surface area contributed by atoms with Gasteiger partial charge in [0, 0.05) is 5.56 Å². The van der Waals surface area contributed by atoms with Crippen LogP contribution in [0.15, 0.2) is 41.5 Å². The maximum Gasteiger partial charge on any atom is 0.340 e. The number of carboxylic acid groups (broad SMARTS) is 2. The Morgan fingerprint density at radius 2 is 1.84 bits per heavy atom. The maximum absolute atomic E-state index is 11.5. The number of rotatable bonds is 7. The summed E-state index contributed by atoms with van der Waals surface area (Å²) in [5, 5.41) is 22.3. The topological polar surface area (TPSA) is 117 Å². The summed E-state index contributed by atoms with van der Waals surface area (Å²) in [5.74, 6) is -1.86. The van der Waals surface area contributed by atoms with Crippen LogP contribution in [0.3, 0.4) is 0 Å². The van der Waals surface area contributed by atoms with Gasteiger partial charge in [-0.15, -0.1) is 0 Å². The number of carbonyl (C=O) groups is 2. The van der Waals surface area contributed by atoms with Crippen LogP contribution in [0, 0.1) is 0 Å². The molecular weight excluding hydrogens is 328 g/mol. The van der Waals surface area contributed by atoms with Crippen LogP contribution in [0.25, 0.3) is 0 Å². The SMILES string of the molecule is COc1ccc(/C=N\Nc2cccc(C(=O)O)c2)c(C(=O)O)c1OC. The molecule has 0 unspecified atom stereocenters. The zero-order valence-electron chi connectivity index (χ0n) is 13.5. The van der Waals surface area contributed by atoms with E-state index >= 15 is 0 Å². The van der Waals surface area contributed by atoms with E-state index in [0.29, 0.717) is 17.0 Å². The van der Waals surface area contributed by atoms with Crippen molar-refractivity contribution in [1.29, 1.82) is 0 Å². The Bertz CT molecular complexity index is 832. The molecule has 0 saturated heterocycles. The van der Waals surface area contributed by atoms with Crippen molar-refractivity contribution in [2.24, 2.45) is 5.10 Å². The minimum atomic E-state index is -1.19. The fourth-order valence-corrected chi connectivity index (χ4v) is 2.17. The number of benzene rings is 2. The average molecular weight is 344 g/mol. The molecule has 0 heterocycles. The third-order valence-corrected chi connectivity index (χ3v) is 3.30. The number of methoxy groups -OCH3 is 2. The molecule has 3 N–H and O–H groups in total. The Morgan fingerprint density at radius 3 is 2.44 bits per heavy atom. The molecule has 8 heteroatoms. The molecule has 0 aliphatic carbocycles. The van der Waals surface area contributed by atoms with Crippen LogP contribution in [0.1, 0.15) is 26.3 Å². The van der Waals surface area contributed by atoms with E-state index in [1.165, 1.54) is 38.6 Å². The van der Waals surface area contributed by atoms with Crippen LogP contribution < -0.4 is 14.9 Å². The number of hydrogen-bond donors (Lipinski definition) is 3. The van der Waals surface area contributed by atoms with E-state index in [2.05, 4.69) is 10.5 Å². The summed E-state index contributed by atoms with van der Waals surface area (Å²) in [6.45, 7) is 0. The van der Waals surface area contributed by atoms with Gasteiger partial charge in [0.2, 0.25) is 0 Å². The molecule has 0 fully saturated rings. The second-order valence-corrected chi connectivity index (χ2v) is 4.83. The van der Waals surface area contributed by atoms with E-state index in [0.717, 1.165) is 0 Å². The number of hydrazone groups is 1. The van der Waals surface area contributed by atoms with E-state index in [1.54, 1.807) is 18.2 Å². The average Bonchev–Trinajstić information content (AvgIpc) is 2.61. The van der Waals surface area contributed by atoms with E-state index in [1.807, 2.05) is 0 Å². The van der Waals surface area contributed by atoms with Crippen molar-refractivity contribution >= 4 is 23.8 Å². The number of ether oxygens (including phenoxy) is 2. The van der Waals surface area contributed by atoms with Gasteiger partial charge in [0.25, 0.3) is 0 Å². The lowest BCUT2D eigenvalue weighted by Crippen LogP contribution is -2.07. The van der Waals surface area contributed by atoms with Gasteiger partial charge in [-0.05, 0) is 30.3 Å². The summed E-state index contributed by atoms with van der Waals surface area (Å²) >= 11 is 0. The van der Waals surface area contributed by atoms with Gasteiger partial charge in [0.15, 0.2) is 11.5 Å². The minimum absolute atomic E-state index is 0.0897. The molecule has 8 nitrogen and oxygen atoms in total. The molecule has 0 aliphatic heterocycles. The second kappa shape index (κ2) is 7.82. The Hall–Kier alpha value is -3.55.